The first-order chi connectivity index (χ1) is 9.04. The number of carbonyl (C=O) groups is 2. The summed E-state index contributed by atoms with van der Waals surface area (Å²) in [7, 11) is 0. The second-order valence-electron chi connectivity index (χ2n) is 4.95. The van der Waals surface area contributed by atoms with Crippen molar-refractivity contribution in [2.45, 2.75) is 32.4 Å². The molecule has 0 saturated carbocycles. The molecule has 2 rings (SSSR count). The minimum Gasteiger partial charge on any atom is -0.394 e. The van der Waals surface area contributed by atoms with Gasteiger partial charge in [0.2, 0.25) is 5.91 Å². The van der Waals surface area contributed by atoms with E-state index >= 15 is 0 Å². The molecule has 19 heavy (non-hydrogen) atoms. The number of primary amides is 1. The van der Waals surface area contributed by atoms with E-state index in [9.17, 15) is 9.59 Å². The monoisotopic (exact) mass is 265 g/mol. The number of hydrogen-bond acceptors (Lipinski definition) is 5. The highest BCUT2D eigenvalue weighted by molar-refractivity contribution is 5.76. The third-order valence-corrected chi connectivity index (χ3v) is 3.50. The van der Waals surface area contributed by atoms with Gasteiger partial charge in [-0.15, -0.1) is 0 Å². The molecule has 7 nitrogen and oxygen atoms in total. The normalized spacial score (nSPS) is 20.5. The summed E-state index contributed by atoms with van der Waals surface area (Å²) in [5.41, 5.74) is 11.7. The molecule has 1 amide bonds. The standard InChI is InChI=1S/C12H19N5O2/c1-8(11(14)19)6-17-12(10(13)5-15-17)16-4-2-3-9(16)7-18/h5,7-9H,2-4,6,13H2,1H3,(H2,14,19). The van der Waals surface area contributed by atoms with Crippen LogP contribution < -0.4 is 16.4 Å². The van der Waals surface area contributed by atoms with Crippen LogP contribution in [0.15, 0.2) is 6.20 Å². The molecule has 2 atom stereocenters. The molecule has 0 bridgehead atoms. The summed E-state index contributed by atoms with van der Waals surface area (Å²) in [6, 6.07) is -0.165. The van der Waals surface area contributed by atoms with Crippen LogP contribution in [0.4, 0.5) is 11.5 Å². The predicted octanol–water partition coefficient (Wildman–Crippen LogP) is -0.246. The minimum atomic E-state index is -0.381. The highest BCUT2D eigenvalue weighted by atomic mass is 16.1. The lowest BCUT2D eigenvalue weighted by molar-refractivity contribution is -0.121. The smallest absolute Gasteiger partial charge is 0.222 e. The Kier molecular flexibility index (Phi) is 3.73. The molecule has 1 aliphatic heterocycles. The summed E-state index contributed by atoms with van der Waals surface area (Å²) in [5.74, 6) is -0.00795. The van der Waals surface area contributed by atoms with Crippen molar-refractivity contribution in [3.05, 3.63) is 6.20 Å². The van der Waals surface area contributed by atoms with Crippen molar-refractivity contribution < 1.29 is 9.59 Å². The van der Waals surface area contributed by atoms with Crippen molar-refractivity contribution in [1.29, 1.82) is 0 Å². The Morgan fingerprint density at radius 1 is 1.68 bits per heavy atom. The van der Waals surface area contributed by atoms with E-state index in [0.29, 0.717) is 18.1 Å². The molecule has 1 aliphatic rings. The van der Waals surface area contributed by atoms with E-state index in [1.807, 2.05) is 4.90 Å². The van der Waals surface area contributed by atoms with Crippen LogP contribution >= 0.6 is 0 Å². The van der Waals surface area contributed by atoms with Crippen LogP contribution in [0.5, 0.6) is 0 Å². The lowest BCUT2D eigenvalue weighted by Crippen LogP contribution is -2.34. The number of carbonyl (C=O) groups excluding carboxylic acids is 2. The molecule has 1 aromatic rings. The number of hydrogen-bond donors (Lipinski definition) is 2. The highest BCUT2D eigenvalue weighted by Gasteiger charge is 2.29. The maximum Gasteiger partial charge on any atom is 0.222 e. The molecule has 0 spiro atoms. The molecule has 4 N–H and O–H groups in total. The second kappa shape index (κ2) is 5.29. The number of amides is 1. The minimum absolute atomic E-state index is 0.165. The zero-order valence-corrected chi connectivity index (χ0v) is 11.0. The first-order valence-corrected chi connectivity index (χ1v) is 6.37. The lowest BCUT2D eigenvalue weighted by Gasteiger charge is -2.24. The number of nitrogens with zero attached hydrogens (tertiary/aromatic N) is 3. The molecule has 0 aliphatic carbocycles. The number of anilines is 2. The third-order valence-electron chi connectivity index (χ3n) is 3.50. The molecule has 0 aromatic carbocycles. The summed E-state index contributed by atoms with van der Waals surface area (Å²) >= 11 is 0. The van der Waals surface area contributed by atoms with Gasteiger partial charge in [-0.3, -0.25) is 4.79 Å². The largest absolute Gasteiger partial charge is 0.394 e. The van der Waals surface area contributed by atoms with Gasteiger partial charge in [0.15, 0.2) is 5.82 Å². The number of aromatic nitrogens is 2. The van der Waals surface area contributed by atoms with Gasteiger partial charge in [-0.2, -0.15) is 5.10 Å². The van der Waals surface area contributed by atoms with Crippen molar-refractivity contribution in [2.75, 3.05) is 17.2 Å². The summed E-state index contributed by atoms with van der Waals surface area (Å²) < 4.78 is 1.66. The van der Waals surface area contributed by atoms with E-state index in [0.717, 1.165) is 25.7 Å². The van der Waals surface area contributed by atoms with Crippen LogP contribution in [-0.2, 0) is 16.1 Å². The molecule has 1 fully saturated rings. The van der Waals surface area contributed by atoms with E-state index in [1.54, 1.807) is 17.8 Å². The summed E-state index contributed by atoms with van der Waals surface area (Å²) in [6.45, 7) is 2.87. The van der Waals surface area contributed by atoms with Crippen LogP contribution in [0, 0.1) is 5.92 Å². The van der Waals surface area contributed by atoms with E-state index in [4.69, 9.17) is 11.5 Å². The van der Waals surface area contributed by atoms with Gasteiger partial charge in [0, 0.05) is 6.54 Å². The van der Waals surface area contributed by atoms with Crippen LogP contribution in [-0.4, -0.2) is 34.6 Å². The first-order valence-electron chi connectivity index (χ1n) is 6.37. The van der Waals surface area contributed by atoms with Gasteiger partial charge < -0.3 is 21.2 Å². The average molecular weight is 265 g/mol. The van der Waals surface area contributed by atoms with E-state index in [-0.39, 0.29) is 17.9 Å². The summed E-state index contributed by atoms with van der Waals surface area (Å²) in [4.78, 5) is 24.2. The highest BCUT2D eigenvalue weighted by Crippen LogP contribution is 2.30. The van der Waals surface area contributed by atoms with Crippen molar-refractivity contribution >= 4 is 23.7 Å². The van der Waals surface area contributed by atoms with Gasteiger partial charge in [-0.05, 0) is 12.8 Å². The second-order valence-corrected chi connectivity index (χ2v) is 4.95. The Balaban J connectivity index is 2.27. The van der Waals surface area contributed by atoms with Crippen molar-refractivity contribution in [1.82, 2.24) is 9.78 Å². The van der Waals surface area contributed by atoms with Gasteiger partial charge in [0.05, 0.1) is 30.4 Å². The van der Waals surface area contributed by atoms with Crippen LogP contribution in [0.1, 0.15) is 19.8 Å². The zero-order chi connectivity index (χ0) is 14.0. The molecule has 7 heteroatoms. The number of aldehydes is 1. The molecular formula is C12H19N5O2. The van der Waals surface area contributed by atoms with Gasteiger partial charge in [-0.1, -0.05) is 6.92 Å². The Hall–Kier alpha value is -2.05. The molecule has 2 heterocycles. The quantitative estimate of drug-likeness (QED) is 0.714. The number of nitrogens with two attached hydrogens (primary N) is 2. The Labute approximate surface area is 111 Å². The fourth-order valence-corrected chi connectivity index (χ4v) is 2.39. The Morgan fingerprint density at radius 3 is 3.05 bits per heavy atom. The first kappa shape index (κ1) is 13.4. The molecule has 0 radical (unpaired) electrons. The fourth-order valence-electron chi connectivity index (χ4n) is 2.39. The van der Waals surface area contributed by atoms with Gasteiger partial charge in [-0.25, -0.2) is 4.68 Å². The van der Waals surface area contributed by atoms with Crippen molar-refractivity contribution in [2.24, 2.45) is 11.7 Å². The molecule has 1 saturated heterocycles. The summed E-state index contributed by atoms with van der Waals surface area (Å²) in [5, 5.41) is 4.18. The average Bonchev–Trinajstić information content (AvgIpc) is 2.95. The predicted molar refractivity (Wildman–Crippen MR) is 71.4 cm³/mol. The van der Waals surface area contributed by atoms with Crippen molar-refractivity contribution in [3.63, 3.8) is 0 Å². The summed E-state index contributed by atoms with van der Waals surface area (Å²) in [6.07, 6.45) is 4.24. The van der Waals surface area contributed by atoms with Crippen LogP contribution in [0.25, 0.3) is 0 Å². The molecular weight excluding hydrogens is 246 g/mol. The topological polar surface area (TPSA) is 107 Å². The fraction of sp³-hybridized carbons (Fsp3) is 0.583. The zero-order valence-electron chi connectivity index (χ0n) is 11.0. The number of rotatable bonds is 5. The maximum atomic E-state index is 11.1. The Bertz CT molecular complexity index is 484. The SMILES string of the molecule is CC(Cn1ncc(N)c1N1CCCC1C=O)C(N)=O. The third kappa shape index (κ3) is 2.54. The van der Waals surface area contributed by atoms with Crippen molar-refractivity contribution in [3.8, 4) is 0 Å². The van der Waals surface area contributed by atoms with Crippen LogP contribution in [0.3, 0.4) is 0 Å². The molecule has 1 aromatic heterocycles. The molecule has 104 valence electrons. The number of nitrogen functional groups attached to an aromatic ring is 1. The lowest BCUT2D eigenvalue weighted by atomic mass is 10.2. The van der Waals surface area contributed by atoms with Gasteiger partial charge in [0.25, 0.3) is 0 Å². The van der Waals surface area contributed by atoms with Gasteiger partial charge in [0.1, 0.15) is 6.29 Å². The maximum absolute atomic E-state index is 11.1. The van der Waals surface area contributed by atoms with E-state index in [1.165, 1.54) is 0 Å². The van der Waals surface area contributed by atoms with Gasteiger partial charge >= 0.3 is 0 Å². The van der Waals surface area contributed by atoms with E-state index in [2.05, 4.69) is 5.10 Å². The molecule has 2 unspecified atom stereocenters. The van der Waals surface area contributed by atoms with Crippen LogP contribution in [0.2, 0.25) is 0 Å². The van der Waals surface area contributed by atoms with E-state index < -0.39 is 0 Å². The Morgan fingerprint density at radius 2 is 2.42 bits per heavy atom.